The molecule has 6 nitrogen and oxygen atoms in total. The number of allylic oxidation sites excluding steroid dienone is 1. The fraction of sp³-hybridized carbons (Fsp3) is 0.655. The molecule has 2 aliphatic rings. The van der Waals surface area contributed by atoms with E-state index in [1.54, 1.807) is 13.8 Å². The van der Waals surface area contributed by atoms with Crippen molar-refractivity contribution in [2.75, 3.05) is 0 Å². The summed E-state index contributed by atoms with van der Waals surface area (Å²) < 4.78 is 11.3. The first-order valence-corrected chi connectivity index (χ1v) is 12.7. The summed E-state index contributed by atoms with van der Waals surface area (Å²) in [6, 6.07) is 0. The van der Waals surface area contributed by atoms with E-state index in [1.165, 1.54) is 6.92 Å². The zero-order valence-corrected chi connectivity index (χ0v) is 22.2. The lowest BCUT2D eigenvalue weighted by atomic mass is 9.45. The molecule has 1 aromatic heterocycles. The zero-order chi connectivity index (χ0) is 26.3. The largest absolute Gasteiger partial charge is 0.507 e. The van der Waals surface area contributed by atoms with Crippen molar-refractivity contribution in [1.82, 2.24) is 0 Å². The average Bonchev–Trinajstić information content (AvgIpc) is 2.77. The predicted octanol–water partition coefficient (Wildman–Crippen LogP) is 5.54. The Kier molecular flexibility index (Phi) is 7.76. The Hall–Kier alpha value is -2.34. The van der Waals surface area contributed by atoms with E-state index in [4.69, 9.17) is 9.15 Å². The molecular formula is C29H42O6. The highest BCUT2D eigenvalue weighted by Gasteiger charge is 2.59. The first kappa shape index (κ1) is 27.3. The smallest absolute Gasteiger partial charge is 0.342 e. The Bertz CT molecular complexity index is 1070. The molecule has 0 amide bonds. The summed E-state index contributed by atoms with van der Waals surface area (Å²) in [7, 11) is 0. The van der Waals surface area contributed by atoms with Crippen LogP contribution < -0.4 is 5.63 Å². The van der Waals surface area contributed by atoms with Gasteiger partial charge in [0.15, 0.2) is 0 Å². The molecule has 2 saturated carbocycles. The second kappa shape index (κ2) is 9.96. The minimum atomic E-state index is -0.607. The summed E-state index contributed by atoms with van der Waals surface area (Å²) >= 11 is 0. The number of carbonyl (C=O) groups is 1. The van der Waals surface area contributed by atoms with E-state index in [2.05, 4.69) is 27.0 Å². The van der Waals surface area contributed by atoms with Gasteiger partial charge in [-0.15, -0.1) is 0 Å². The molecule has 0 radical (unpaired) electrons. The van der Waals surface area contributed by atoms with Crippen molar-refractivity contribution < 1.29 is 24.2 Å². The summed E-state index contributed by atoms with van der Waals surface area (Å²) in [4.78, 5) is 24.8. The van der Waals surface area contributed by atoms with Gasteiger partial charge in [0, 0.05) is 17.9 Å². The van der Waals surface area contributed by atoms with Gasteiger partial charge in [-0.2, -0.15) is 0 Å². The maximum absolute atomic E-state index is 12.7. The molecule has 1 heterocycles. The van der Waals surface area contributed by atoms with Crippen molar-refractivity contribution in [1.29, 1.82) is 0 Å². The lowest BCUT2D eigenvalue weighted by Gasteiger charge is -2.61. The number of aliphatic hydroxyl groups is 1. The highest BCUT2D eigenvalue weighted by molar-refractivity contribution is 5.66. The van der Waals surface area contributed by atoms with Crippen molar-refractivity contribution in [3.63, 3.8) is 0 Å². The molecule has 2 aliphatic carbocycles. The topological polar surface area (TPSA) is 97.0 Å². The standard InChI is InChI=1S/C29H42O6/c1-16(2)23(31)11-13-29(8)24-10-9-17(3)22(28(24,7)14-12-25(29)35-20(6)30)15-21-26(32)18(4)19(5)34-27(21)33/h22-25,31-32H,1,3,9-15H2,2,4-8H3/t22-,23+,24-,25+,28-,29+/m1/s1. The molecule has 0 bridgehead atoms. The van der Waals surface area contributed by atoms with Crippen molar-refractivity contribution >= 4 is 5.97 Å². The van der Waals surface area contributed by atoms with Gasteiger partial charge in [-0.05, 0) is 83.0 Å². The Morgan fingerprint density at radius 2 is 1.91 bits per heavy atom. The number of hydrogen-bond acceptors (Lipinski definition) is 6. The maximum Gasteiger partial charge on any atom is 0.342 e. The molecule has 6 atom stereocenters. The van der Waals surface area contributed by atoms with Gasteiger partial charge in [0.05, 0.1) is 11.7 Å². The lowest BCUT2D eigenvalue weighted by molar-refractivity contribution is -0.179. The second-order valence-corrected chi connectivity index (χ2v) is 11.5. The Morgan fingerprint density at radius 1 is 1.26 bits per heavy atom. The van der Waals surface area contributed by atoms with Crippen molar-refractivity contribution in [3.05, 3.63) is 51.6 Å². The minimum absolute atomic E-state index is 0.0122. The van der Waals surface area contributed by atoms with Crippen LogP contribution in [0.3, 0.4) is 0 Å². The molecule has 194 valence electrons. The monoisotopic (exact) mass is 486 g/mol. The van der Waals surface area contributed by atoms with Crippen molar-refractivity contribution in [2.24, 2.45) is 22.7 Å². The normalized spacial score (nSPS) is 31.5. The summed E-state index contributed by atoms with van der Waals surface area (Å²) in [5.74, 6) is 0.300. The summed E-state index contributed by atoms with van der Waals surface area (Å²) in [6.07, 6.45) is 3.96. The van der Waals surface area contributed by atoms with Crippen LogP contribution in [0, 0.1) is 36.5 Å². The van der Waals surface area contributed by atoms with Gasteiger partial charge in [-0.1, -0.05) is 38.2 Å². The van der Waals surface area contributed by atoms with E-state index in [-0.39, 0.29) is 40.5 Å². The molecule has 2 fully saturated rings. The quantitative estimate of drug-likeness (QED) is 0.388. The van der Waals surface area contributed by atoms with E-state index in [1.807, 2.05) is 6.92 Å². The SMILES string of the molecule is C=C1CC[C@H]2[C@](C)(CC[C@H](O)C(=C)C)[C@@H](OC(C)=O)CC[C@]2(C)[C@@H]1Cc1c(O)c(C)c(C)oc1=O. The molecule has 0 aromatic carbocycles. The number of esters is 1. The molecule has 0 aliphatic heterocycles. The number of aryl methyl sites for hydroxylation is 1. The first-order chi connectivity index (χ1) is 16.2. The molecule has 6 heteroatoms. The molecular weight excluding hydrogens is 444 g/mol. The van der Waals surface area contributed by atoms with Gasteiger partial charge in [-0.25, -0.2) is 4.79 Å². The van der Waals surface area contributed by atoms with Crippen LogP contribution in [0.15, 0.2) is 33.5 Å². The number of aliphatic hydroxyl groups excluding tert-OH is 1. The molecule has 0 saturated heterocycles. The van der Waals surface area contributed by atoms with E-state index in [0.29, 0.717) is 42.6 Å². The fourth-order valence-electron chi connectivity index (χ4n) is 6.92. The molecule has 0 spiro atoms. The first-order valence-electron chi connectivity index (χ1n) is 12.7. The third-order valence-electron chi connectivity index (χ3n) is 9.22. The highest BCUT2D eigenvalue weighted by atomic mass is 16.5. The third kappa shape index (κ3) is 5.00. The van der Waals surface area contributed by atoms with Gasteiger partial charge in [0.1, 0.15) is 17.6 Å². The van der Waals surface area contributed by atoms with Crippen LogP contribution in [-0.4, -0.2) is 28.4 Å². The van der Waals surface area contributed by atoms with Crippen LogP contribution in [0.2, 0.25) is 0 Å². The van der Waals surface area contributed by atoms with Crippen LogP contribution >= 0.6 is 0 Å². The van der Waals surface area contributed by atoms with Crippen LogP contribution in [0.25, 0.3) is 0 Å². The molecule has 35 heavy (non-hydrogen) atoms. The zero-order valence-electron chi connectivity index (χ0n) is 22.2. The van der Waals surface area contributed by atoms with Crippen LogP contribution in [0.1, 0.15) is 83.1 Å². The van der Waals surface area contributed by atoms with Crippen LogP contribution in [0.5, 0.6) is 5.75 Å². The number of fused-ring (bicyclic) bond motifs is 1. The number of carbonyl (C=O) groups excluding carboxylic acids is 1. The van der Waals surface area contributed by atoms with Gasteiger partial charge < -0.3 is 19.4 Å². The minimum Gasteiger partial charge on any atom is -0.507 e. The van der Waals surface area contributed by atoms with E-state index in [0.717, 1.165) is 30.4 Å². The van der Waals surface area contributed by atoms with Gasteiger partial charge in [0.25, 0.3) is 0 Å². The number of aromatic hydroxyl groups is 1. The number of hydrogen-bond donors (Lipinski definition) is 2. The fourth-order valence-corrected chi connectivity index (χ4v) is 6.92. The Balaban J connectivity index is 2.02. The predicted molar refractivity (Wildman–Crippen MR) is 136 cm³/mol. The Morgan fingerprint density at radius 3 is 2.51 bits per heavy atom. The van der Waals surface area contributed by atoms with Gasteiger partial charge in [-0.3, -0.25) is 4.79 Å². The maximum atomic E-state index is 12.7. The van der Waals surface area contributed by atoms with E-state index < -0.39 is 11.7 Å². The summed E-state index contributed by atoms with van der Waals surface area (Å²) in [5, 5.41) is 21.3. The molecule has 0 unspecified atom stereocenters. The van der Waals surface area contributed by atoms with Gasteiger partial charge >= 0.3 is 11.6 Å². The average molecular weight is 487 g/mol. The van der Waals surface area contributed by atoms with Crippen molar-refractivity contribution in [3.8, 4) is 5.75 Å². The molecule has 2 N–H and O–H groups in total. The van der Waals surface area contributed by atoms with Crippen LogP contribution in [-0.2, 0) is 16.0 Å². The summed E-state index contributed by atoms with van der Waals surface area (Å²) in [6.45, 7) is 19.4. The molecule has 3 rings (SSSR count). The molecule has 1 aromatic rings. The Labute approximate surface area is 209 Å². The lowest BCUT2D eigenvalue weighted by Crippen LogP contribution is -2.57. The second-order valence-electron chi connectivity index (χ2n) is 11.5. The number of ether oxygens (including phenoxy) is 1. The van der Waals surface area contributed by atoms with Crippen LogP contribution in [0.4, 0.5) is 0 Å². The highest BCUT2D eigenvalue weighted by Crippen LogP contribution is 2.63. The number of rotatable bonds is 7. The van der Waals surface area contributed by atoms with E-state index in [9.17, 15) is 19.8 Å². The summed E-state index contributed by atoms with van der Waals surface area (Å²) in [5.41, 5.74) is 1.63. The third-order valence-corrected chi connectivity index (χ3v) is 9.22. The van der Waals surface area contributed by atoms with Gasteiger partial charge in [0.2, 0.25) is 0 Å². The van der Waals surface area contributed by atoms with E-state index >= 15 is 0 Å². The van der Waals surface area contributed by atoms with Crippen molar-refractivity contribution in [2.45, 2.75) is 98.7 Å².